The lowest BCUT2D eigenvalue weighted by atomic mass is 10.0. The molecule has 0 spiro atoms. The predicted octanol–water partition coefficient (Wildman–Crippen LogP) is 0.111. The molecule has 25 heavy (non-hydrogen) atoms. The number of amides is 2. The van der Waals surface area contributed by atoms with Gasteiger partial charge >= 0.3 is 0 Å². The number of carbonyl (C=O) groups excluding carboxylic acids is 2. The number of nitrogens with one attached hydrogen (secondary N) is 1. The van der Waals surface area contributed by atoms with E-state index in [1.165, 1.54) is 0 Å². The summed E-state index contributed by atoms with van der Waals surface area (Å²) in [7, 11) is 3.48. The number of nitrogens with two attached hydrogens (primary N) is 1. The van der Waals surface area contributed by atoms with Gasteiger partial charge < -0.3 is 20.7 Å². The second kappa shape index (κ2) is 9.53. The van der Waals surface area contributed by atoms with E-state index in [0.29, 0.717) is 19.7 Å². The monoisotopic (exact) mass is 353 g/mol. The smallest absolute Gasteiger partial charge is 0.245 e. The van der Waals surface area contributed by atoms with Gasteiger partial charge in [0.1, 0.15) is 6.04 Å². The molecule has 1 aromatic rings. The molecule has 1 rings (SSSR count). The van der Waals surface area contributed by atoms with Gasteiger partial charge in [0, 0.05) is 38.5 Å². The Labute approximate surface area is 149 Å². The van der Waals surface area contributed by atoms with Crippen molar-refractivity contribution in [1.82, 2.24) is 20.0 Å². The molecule has 8 heteroatoms. The highest BCUT2D eigenvalue weighted by atomic mass is 16.5. The van der Waals surface area contributed by atoms with Gasteiger partial charge in [-0.3, -0.25) is 14.3 Å². The molecule has 0 aliphatic heterocycles. The highest BCUT2D eigenvalue weighted by Gasteiger charge is 2.29. The van der Waals surface area contributed by atoms with Crippen LogP contribution in [0.2, 0.25) is 0 Å². The number of hydrogen-bond acceptors (Lipinski definition) is 5. The summed E-state index contributed by atoms with van der Waals surface area (Å²) in [5.74, 6) is -0.534. The summed E-state index contributed by atoms with van der Waals surface area (Å²) >= 11 is 0. The summed E-state index contributed by atoms with van der Waals surface area (Å²) in [4.78, 5) is 26.5. The number of nitrogens with zero attached hydrogens (tertiary/aromatic N) is 3. The van der Waals surface area contributed by atoms with Gasteiger partial charge in [0.2, 0.25) is 11.8 Å². The van der Waals surface area contributed by atoms with E-state index >= 15 is 0 Å². The van der Waals surface area contributed by atoms with E-state index in [-0.39, 0.29) is 24.3 Å². The number of carbonyl (C=O) groups is 2. The first-order chi connectivity index (χ1) is 11.7. The van der Waals surface area contributed by atoms with E-state index < -0.39 is 6.04 Å². The van der Waals surface area contributed by atoms with Crippen LogP contribution in [0.1, 0.15) is 30.8 Å². The van der Waals surface area contributed by atoms with E-state index in [1.807, 2.05) is 34.7 Å². The van der Waals surface area contributed by atoms with Gasteiger partial charge in [-0.05, 0) is 19.8 Å². The lowest BCUT2D eigenvalue weighted by Gasteiger charge is -2.30. The minimum absolute atomic E-state index is 0.0517. The minimum Gasteiger partial charge on any atom is -0.383 e. The Hall–Kier alpha value is -1.93. The molecule has 1 atom stereocenters. The van der Waals surface area contributed by atoms with Crippen LogP contribution in [-0.4, -0.2) is 59.3 Å². The average molecular weight is 353 g/mol. The van der Waals surface area contributed by atoms with Crippen LogP contribution in [0.25, 0.3) is 0 Å². The molecule has 1 aromatic heterocycles. The molecule has 142 valence electrons. The Morgan fingerprint density at radius 2 is 2.00 bits per heavy atom. The van der Waals surface area contributed by atoms with Crippen LogP contribution in [-0.2, 0) is 27.9 Å². The van der Waals surface area contributed by atoms with Crippen LogP contribution in [0, 0.1) is 19.8 Å². The normalized spacial score (nSPS) is 12.3. The molecular formula is C17H31N5O3. The summed E-state index contributed by atoms with van der Waals surface area (Å²) < 4.78 is 6.95. The molecule has 0 fully saturated rings. The molecule has 8 nitrogen and oxygen atoms in total. The van der Waals surface area contributed by atoms with Crippen molar-refractivity contribution in [2.75, 3.05) is 26.8 Å². The fraction of sp³-hybridized carbons (Fsp3) is 0.706. The van der Waals surface area contributed by atoms with Crippen molar-refractivity contribution in [2.24, 2.45) is 18.7 Å². The highest BCUT2D eigenvalue weighted by molar-refractivity contribution is 5.88. The van der Waals surface area contributed by atoms with Crippen molar-refractivity contribution in [3.05, 3.63) is 17.0 Å². The maximum Gasteiger partial charge on any atom is 0.245 e. The van der Waals surface area contributed by atoms with E-state index in [9.17, 15) is 9.59 Å². The third-order valence-electron chi connectivity index (χ3n) is 4.32. The second-order valence-electron chi connectivity index (χ2n) is 6.52. The molecule has 0 aromatic carbocycles. The third kappa shape index (κ3) is 5.54. The first-order valence-electron chi connectivity index (χ1n) is 8.49. The summed E-state index contributed by atoms with van der Waals surface area (Å²) in [6.45, 7) is 8.83. The van der Waals surface area contributed by atoms with E-state index in [0.717, 1.165) is 17.0 Å². The molecule has 1 heterocycles. The summed E-state index contributed by atoms with van der Waals surface area (Å²) in [6, 6.07) is -0.620. The molecule has 0 aliphatic carbocycles. The zero-order valence-electron chi connectivity index (χ0n) is 16.1. The molecule has 0 saturated carbocycles. The van der Waals surface area contributed by atoms with Crippen LogP contribution in [0.5, 0.6) is 0 Å². The molecule has 2 amide bonds. The Kier molecular flexibility index (Phi) is 8.05. The van der Waals surface area contributed by atoms with Crippen molar-refractivity contribution < 1.29 is 14.3 Å². The Bertz CT molecular complexity index is 597. The van der Waals surface area contributed by atoms with Crippen molar-refractivity contribution in [1.29, 1.82) is 0 Å². The van der Waals surface area contributed by atoms with Crippen molar-refractivity contribution in [3.8, 4) is 0 Å². The van der Waals surface area contributed by atoms with Gasteiger partial charge in [0.05, 0.1) is 18.8 Å². The summed E-state index contributed by atoms with van der Waals surface area (Å²) in [5.41, 5.74) is 8.29. The number of aryl methyl sites for hydroxylation is 2. The maximum atomic E-state index is 13.1. The zero-order valence-corrected chi connectivity index (χ0v) is 16.1. The van der Waals surface area contributed by atoms with Crippen LogP contribution in [0.3, 0.4) is 0 Å². The van der Waals surface area contributed by atoms with Gasteiger partial charge in [-0.1, -0.05) is 13.8 Å². The second-order valence-corrected chi connectivity index (χ2v) is 6.52. The number of rotatable bonds is 9. The Balaban J connectivity index is 3.06. The quantitative estimate of drug-likeness (QED) is 0.656. The van der Waals surface area contributed by atoms with Gasteiger partial charge in [0.15, 0.2) is 0 Å². The molecule has 0 unspecified atom stereocenters. The van der Waals surface area contributed by atoms with Crippen LogP contribution in [0.4, 0.5) is 0 Å². The summed E-state index contributed by atoms with van der Waals surface area (Å²) in [6.07, 6.45) is 0. The first kappa shape index (κ1) is 21.1. The van der Waals surface area contributed by atoms with Gasteiger partial charge in [-0.2, -0.15) is 5.10 Å². The van der Waals surface area contributed by atoms with Crippen molar-refractivity contribution in [3.63, 3.8) is 0 Å². The first-order valence-corrected chi connectivity index (χ1v) is 8.49. The minimum atomic E-state index is -0.620. The average Bonchev–Trinajstić information content (AvgIpc) is 2.80. The zero-order chi connectivity index (χ0) is 19.1. The summed E-state index contributed by atoms with van der Waals surface area (Å²) in [5, 5.41) is 7.13. The molecule has 3 N–H and O–H groups in total. The standard InChI is InChI=1S/C17H31N5O3/c1-11(2)16(19-15(23)9-18)17(24)22(7-8-25-6)10-14-12(3)20-21(5)13(14)4/h11,16H,7-10,18H2,1-6H3,(H,19,23)/t16-/m1/s1. The molecule has 0 bridgehead atoms. The highest BCUT2D eigenvalue weighted by Crippen LogP contribution is 2.16. The lowest BCUT2D eigenvalue weighted by molar-refractivity contribution is -0.138. The molecule has 0 saturated heterocycles. The molecule has 0 aliphatic rings. The van der Waals surface area contributed by atoms with E-state index in [1.54, 1.807) is 16.7 Å². The number of ether oxygens (including phenoxy) is 1. The van der Waals surface area contributed by atoms with Gasteiger partial charge in [0.25, 0.3) is 0 Å². The van der Waals surface area contributed by atoms with Gasteiger partial charge in [-0.25, -0.2) is 0 Å². The third-order valence-corrected chi connectivity index (χ3v) is 4.32. The topological polar surface area (TPSA) is 102 Å². The number of aromatic nitrogens is 2. The predicted molar refractivity (Wildman–Crippen MR) is 95.8 cm³/mol. The Morgan fingerprint density at radius 1 is 1.36 bits per heavy atom. The van der Waals surface area contributed by atoms with Crippen molar-refractivity contribution in [2.45, 2.75) is 40.3 Å². The van der Waals surface area contributed by atoms with E-state index in [4.69, 9.17) is 10.5 Å². The lowest BCUT2D eigenvalue weighted by Crippen LogP contribution is -2.52. The largest absolute Gasteiger partial charge is 0.383 e. The fourth-order valence-electron chi connectivity index (χ4n) is 2.65. The maximum absolute atomic E-state index is 13.1. The van der Waals surface area contributed by atoms with Crippen LogP contribution < -0.4 is 11.1 Å². The molecule has 0 radical (unpaired) electrons. The number of methoxy groups -OCH3 is 1. The SMILES string of the molecule is COCCN(Cc1c(C)nn(C)c1C)C(=O)[C@H](NC(=O)CN)C(C)C. The number of hydrogen-bond donors (Lipinski definition) is 2. The van der Waals surface area contributed by atoms with Crippen LogP contribution >= 0.6 is 0 Å². The Morgan fingerprint density at radius 3 is 2.44 bits per heavy atom. The fourth-order valence-corrected chi connectivity index (χ4v) is 2.65. The van der Waals surface area contributed by atoms with E-state index in [2.05, 4.69) is 10.4 Å². The van der Waals surface area contributed by atoms with Crippen LogP contribution in [0.15, 0.2) is 0 Å². The van der Waals surface area contributed by atoms with Crippen molar-refractivity contribution >= 4 is 11.8 Å². The van der Waals surface area contributed by atoms with Gasteiger partial charge in [-0.15, -0.1) is 0 Å². The molecular weight excluding hydrogens is 322 g/mol.